The van der Waals surface area contributed by atoms with Crippen LogP contribution in [0.15, 0.2) is 48.5 Å². The Kier molecular flexibility index (Phi) is 9.19. The Morgan fingerprint density at radius 1 is 1.08 bits per heavy atom. The summed E-state index contributed by atoms with van der Waals surface area (Å²) in [6.07, 6.45) is -0.537. The summed E-state index contributed by atoms with van der Waals surface area (Å²) in [6, 6.07) is 15.2. The van der Waals surface area contributed by atoms with Gasteiger partial charge in [0.25, 0.3) is 0 Å². The smallest absolute Gasteiger partial charge is 0.161 e. The molecule has 0 aliphatic rings. The molecule has 2 aromatic rings. The second-order valence-corrected chi connectivity index (χ2v) is 5.11. The minimum absolute atomic E-state index is 0. The number of rotatable bonds is 9. The van der Waals surface area contributed by atoms with Crippen LogP contribution in [-0.2, 0) is 6.54 Å². The van der Waals surface area contributed by atoms with Crippen molar-refractivity contribution in [3.63, 3.8) is 0 Å². The zero-order valence-corrected chi connectivity index (χ0v) is 14.5. The van der Waals surface area contributed by atoms with Crippen LogP contribution in [0.5, 0.6) is 11.5 Å². The van der Waals surface area contributed by atoms with Gasteiger partial charge in [-0.05, 0) is 23.3 Å². The molecule has 0 aliphatic heterocycles. The summed E-state index contributed by atoms with van der Waals surface area (Å²) in [5.74, 6) is 1.23. The lowest BCUT2D eigenvalue weighted by Gasteiger charge is -2.14. The van der Waals surface area contributed by atoms with E-state index in [-0.39, 0.29) is 25.6 Å². The number of hydrogen-bond acceptors (Lipinski definition) is 5. The molecule has 5 nitrogen and oxygen atoms in total. The van der Waals surface area contributed by atoms with E-state index >= 15 is 0 Å². The summed E-state index contributed by atoms with van der Waals surface area (Å²) in [5.41, 5.74) is 1.92. The van der Waals surface area contributed by atoms with E-state index in [1.807, 2.05) is 48.5 Å². The predicted molar refractivity (Wildman–Crippen MR) is 95.9 cm³/mol. The molecule has 0 amide bonds. The first-order chi connectivity index (χ1) is 11.2. The fourth-order valence-electron chi connectivity index (χ4n) is 2.24. The van der Waals surface area contributed by atoms with Crippen molar-refractivity contribution < 1.29 is 19.7 Å². The van der Waals surface area contributed by atoms with Gasteiger partial charge in [0.1, 0.15) is 6.61 Å². The highest BCUT2D eigenvalue weighted by atomic mass is 35.5. The highest BCUT2D eigenvalue weighted by Crippen LogP contribution is 2.28. The van der Waals surface area contributed by atoms with Crippen molar-refractivity contribution in [2.24, 2.45) is 0 Å². The Morgan fingerprint density at radius 2 is 1.83 bits per heavy atom. The van der Waals surface area contributed by atoms with Crippen molar-refractivity contribution >= 4 is 12.4 Å². The molecule has 0 aromatic heterocycles. The fraction of sp³-hybridized carbons (Fsp3) is 0.333. The molecule has 6 heteroatoms. The number of aliphatic hydroxyl groups excluding tert-OH is 2. The van der Waals surface area contributed by atoms with E-state index in [1.54, 1.807) is 7.11 Å². The Labute approximate surface area is 148 Å². The largest absolute Gasteiger partial charge is 0.493 e. The van der Waals surface area contributed by atoms with Crippen molar-refractivity contribution in [1.82, 2.24) is 5.32 Å². The summed E-state index contributed by atoms with van der Waals surface area (Å²) in [4.78, 5) is 0. The summed E-state index contributed by atoms with van der Waals surface area (Å²) < 4.78 is 10.7. The van der Waals surface area contributed by atoms with Crippen LogP contribution in [0.4, 0.5) is 0 Å². The molecule has 1 unspecified atom stereocenters. The van der Waals surface area contributed by atoms with Crippen molar-refractivity contribution in [2.45, 2.75) is 12.6 Å². The summed E-state index contributed by atoms with van der Waals surface area (Å²) in [7, 11) is 1.58. The third kappa shape index (κ3) is 6.02. The lowest BCUT2D eigenvalue weighted by atomic mass is 10.1. The summed E-state index contributed by atoms with van der Waals surface area (Å²) in [6.45, 7) is 1.27. The number of aliphatic hydroxyl groups is 2. The van der Waals surface area contributed by atoms with E-state index in [1.165, 1.54) is 0 Å². The number of hydrogen-bond donors (Lipinski definition) is 3. The molecule has 0 radical (unpaired) electrons. The Bertz CT molecular complexity index is 595. The standard InChI is InChI=1S/C18H23NO4.ClH/c1-22-18-11-14(7-8-17(18)23-10-9-20)12-19-13-16(21)15-5-3-2-4-6-15;/h2-8,11,16,19-21H,9-10,12-13H2,1H3;1H. The van der Waals surface area contributed by atoms with Crippen LogP contribution in [0.2, 0.25) is 0 Å². The number of nitrogens with one attached hydrogen (secondary N) is 1. The van der Waals surface area contributed by atoms with Crippen LogP contribution in [0.25, 0.3) is 0 Å². The zero-order chi connectivity index (χ0) is 16.5. The van der Waals surface area contributed by atoms with Gasteiger partial charge in [-0.3, -0.25) is 0 Å². The number of halogens is 1. The second kappa shape index (κ2) is 10.9. The number of ether oxygens (including phenoxy) is 2. The molecule has 3 N–H and O–H groups in total. The normalized spacial score (nSPS) is 11.5. The van der Waals surface area contributed by atoms with Crippen LogP contribution in [0, 0.1) is 0 Å². The quantitative estimate of drug-likeness (QED) is 0.645. The van der Waals surface area contributed by atoms with Gasteiger partial charge in [-0.15, -0.1) is 12.4 Å². The third-order valence-electron chi connectivity index (χ3n) is 3.43. The van der Waals surface area contributed by atoms with E-state index in [2.05, 4.69) is 5.32 Å². The van der Waals surface area contributed by atoms with Crippen molar-refractivity contribution in [1.29, 1.82) is 0 Å². The van der Waals surface area contributed by atoms with Crippen molar-refractivity contribution in [3.8, 4) is 11.5 Å². The molecule has 2 rings (SSSR count). The number of benzene rings is 2. The molecule has 0 saturated carbocycles. The lowest BCUT2D eigenvalue weighted by Crippen LogP contribution is -2.21. The van der Waals surface area contributed by atoms with Gasteiger partial charge in [-0.2, -0.15) is 0 Å². The van der Waals surface area contributed by atoms with Gasteiger partial charge >= 0.3 is 0 Å². The molecule has 2 aromatic carbocycles. The molecule has 1 atom stereocenters. The molecule has 24 heavy (non-hydrogen) atoms. The van der Waals surface area contributed by atoms with Gasteiger partial charge in [-0.1, -0.05) is 36.4 Å². The molecule has 0 heterocycles. The van der Waals surface area contributed by atoms with Gasteiger partial charge in [0.05, 0.1) is 19.8 Å². The topological polar surface area (TPSA) is 71.0 Å². The predicted octanol–water partition coefficient (Wildman–Crippen LogP) is 2.31. The van der Waals surface area contributed by atoms with Crippen LogP contribution in [0.1, 0.15) is 17.2 Å². The average molecular weight is 354 g/mol. The highest BCUT2D eigenvalue weighted by Gasteiger charge is 2.08. The van der Waals surface area contributed by atoms with E-state index in [9.17, 15) is 5.11 Å². The van der Waals surface area contributed by atoms with E-state index in [4.69, 9.17) is 14.6 Å². The fourth-order valence-corrected chi connectivity index (χ4v) is 2.24. The first-order valence-corrected chi connectivity index (χ1v) is 7.59. The first kappa shape index (κ1) is 20.3. The van der Waals surface area contributed by atoms with Gasteiger partial charge < -0.3 is 25.0 Å². The zero-order valence-electron chi connectivity index (χ0n) is 13.6. The number of methoxy groups -OCH3 is 1. The summed E-state index contributed by atoms with van der Waals surface area (Å²) in [5, 5.41) is 22.1. The van der Waals surface area contributed by atoms with Gasteiger partial charge in [0.15, 0.2) is 11.5 Å². The van der Waals surface area contributed by atoms with Gasteiger partial charge in [0.2, 0.25) is 0 Å². The second-order valence-electron chi connectivity index (χ2n) is 5.11. The molecule has 0 fully saturated rings. The molecule has 132 valence electrons. The molecular weight excluding hydrogens is 330 g/mol. The van der Waals surface area contributed by atoms with E-state index < -0.39 is 6.10 Å². The lowest BCUT2D eigenvalue weighted by molar-refractivity contribution is 0.174. The third-order valence-corrected chi connectivity index (χ3v) is 3.43. The minimum atomic E-state index is -0.537. The SMILES string of the molecule is COc1cc(CNCC(O)c2ccccc2)ccc1OCCO.Cl. The monoisotopic (exact) mass is 353 g/mol. The van der Waals surface area contributed by atoms with Crippen LogP contribution < -0.4 is 14.8 Å². The Hall–Kier alpha value is -1.79. The van der Waals surface area contributed by atoms with Crippen LogP contribution >= 0.6 is 12.4 Å². The maximum absolute atomic E-state index is 10.1. The molecule has 0 aliphatic carbocycles. The van der Waals surface area contributed by atoms with E-state index in [0.29, 0.717) is 24.6 Å². The highest BCUT2D eigenvalue weighted by molar-refractivity contribution is 5.85. The van der Waals surface area contributed by atoms with E-state index in [0.717, 1.165) is 11.1 Å². The summed E-state index contributed by atoms with van der Waals surface area (Å²) >= 11 is 0. The Morgan fingerprint density at radius 3 is 2.50 bits per heavy atom. The molecule has 0 bridgehead atoms. The maximum Gasteiger partial charge on any atom is 0.161 e. The van der Waals surface area contributed by atoms with Crippen LogP contribution in [-0.4, -0.2) is 37.1 Å². The van der Waals surface area contributed by atoms with Crippen molar-refractivity contribution in [2.75, 3.05) is 26.9 Å². The Balaban J connectivity index is 0.00000288. The molecular formula is C18H24ClNO4. The minimum Gasteiger partial charge on any atom is -0.493 e. The molecule has 0 saturated heterocycles. The van der Waals surface area contributed by atoms with Gasteiger partial charge in [-0.25, -0.2) is 0 Å². The van der Waals surface area contributed by atoms with Gasteiger partial charge in [0, 0.05) is 13.1 Å². The van der Waals surface area contributed by atoms with Crippen LogP contribution in [0.3, 0.4) is 0 Å². The maximum atomic E-state index is 10.1. The molecule has 0 spiro atoms. The first-order valence-electron chi connectivity index (χ1n) is 7.59. The van der Waals surface area contributed by atoms with Crippen molar-refractivity contribution in [3.05, 3.63) is 59.7 Å². The average Bonchev–Trinajstić information content (AvgIpc) is 2.61.